The molecule has 0 aromatic carbocycles. The molecule has 1 fully saturated rings. The molecule has 4 N–H and O–H groups in total. The first-order chi connectivity index (χ1) is 12.1. The fraction of sp³-hybridized carbons (Fsp3) is 0.389. The molecule has 0 atom stereocenters. The van der Waals surface area contributed by atoms with E-state index in [1.54, 1.807) is 0 Å². The van der Waals surface area contributed by atoms with Gasteiger partial charge in [0.05, 0.1) is 5.56 Å². The van der Waals surface area contributed by atoms with Crippen molar-refractivity contribution in [1.29, 1.82) is 0 Å². The molecule has 0 aliphatic carbocycles. The van der Waals surface area contributed by atoms with Gasteiger partial charge in [-0.25, -0.2) is 0 Å². The molecule has 0 bridgehead atoms. The molecule has 7 heteroatoms. The minimum atomic E-state index is -0.545. The topological polar surface area (TPSA) is 104 Å². The fourth-order valence-electron chi connectivity index (χ4n) is 3.10. The first-order valence-electron chi connectivity index (χ1n) is 8.49. The number of carbonyl (C=O) groups is 2. The van der Waals surface area contributed by atoms with Gasteiger partial charge in [-0.05, 0) is 55.6 Å². The Bertz CT molecular complexity index is 720. The Morgan fingerprint density at radius 2 is 2.00 bits per heavy atom. The molecule has 0 unspecified atom stereocenters. The quantitative estimate of drug-likeness (QED) is 0.733. The molecule has 3 rings (SSSR count). The van der Waals surface area contributed by atoms with Crippen LogP contribution in [0.25, 0.3) is 0 Å². The van der Waals surface area contributed by atoms with Crippen molar-refractivity contribution in [1.82, 2.24) is 20.2 Å². The van der Waals surface area contributed by atoms with Gasteiger partial charge in [-0.3, -0.25) is 19.5 Å². The number of nitrogens with zero attached hydrogens (tertiary/aromatic N) is 2. The highest BCUT2D eigenvalue weighted by molar-refractivity contribution is 5.98. The van der Waals surface area contributed by atoms with Gasteiger partial charge in [0, 0.05) is 31.7 Å². The van der Waals surface area contributed by atoms with Crippen LogP contribution in [0.15, 0.2) is 36.8 Å². The van der Waals surface area contributed by atoms with Gasteiger partial charge in [0.1, 0.15) is 5.69 Å². The second-order valence-electron chi connectivity index (χ2n) is 6.45. The number of piperidine rings is 1. The molecule has 1 aliphatic heterocycles. The summed E-state index contributed by atoms with van der Waals surface area (Å²) in [4.78, 5) is 32.4. The van der Waals surface area contributed by atoms with Gasteiger partial charge in [0.2, 0.25) is 5.91 Å². The van der Waals surface area contributed by atoms with Crippen LogP contribution in [0.1, 0.15) is 39.3 Å². The van der Waals surface area contributed by atoms with E-state index in [9.17, 15) is 9.59 Å². The van der Waals surface area contributed by atoms with Crippen LogP contribution in [0.3, 0.4) is 0 Å². The Hall–Kier alpha value is -2.67. The summed E-state index contributed by atoms with van der Waals surface area (Å²) in [6, 6.07) is 5.57. The third kappa shape index (κ3) is 4.67. The van der Waals surface area contributed by atoms with Gasteiger partial charge < -0.3 is 16.0 Å². The third-order valence-electron chi connectivity index (χ3n) is 4.63. The predicted molar refractivity (Wildman–Crippen MR) is 93.9 cm³/mol. The van der Waals surface area contributed by atoms with Crippen LogP contribution >= 0.6 is 0 Å². The number of aromatic nitrogens is 2. The maximum atomic E-state index is 12.1. The second kappa shape index (κ2) is 7.94. The number of pyridine rings is 1. The SMILES string of the molecule is NC(=O)c1c[nH]c(C(=O)NCC2CCN(Cc3ccncc3)CC2)c1. The zero-order valence-corrected chi connectivity index (χ0v) is 14.1. The number of nitrogens with two attached hydrogens (primary N) is 1. The van der Waals surface area contributed by atoms with Crippen molar-refractivity contribution in [2.45, 2.75) is 19.4 Å². The molecule has 132 valence electrons. The number of hydrogen-bond acceptors (Lipinski definition) is 4. The van der Waals surface area contributed by atoms with E-state index >= 15 is 0 Å². The summed E-state index contributed by atoms with van der Waals surface area (Å²) in [6.45, 7) is 3.64. The summed E-state index contributed by atoms with van der Waals surface area (Å²) in [7, 11) is 0. The van der Waals surface area contributed by atoms with E-state index in [1.807, 2.05) is 24.5 Å². The molecular weight excluding hydrogens is 318 g/mol. The third-order valence-corrected chi connectivity index (χ3v) is 4.63. The lowest BCUT2D eigenvalue weighted by atomic mass is 9.96. The summed E-state index contributed by atoms with van der Waals surface area (Å²) in [6.07, 6.45) is 7.21. The Balaban J connectivity index is 1.41. The first-order valence-corrected chi connectivity index (χ1v) is 8.49. The smallest absolute Gasteiger partial charge is 0.267 e. The number of amides is 2. The lowest BCUT2D eigenvalue weighted by Crippen LogP contribution is -2.38. The van der Waals surface area contributed by atoms with Crippen LogP contribution in [0.2, 0.25) is 0 Å². The maximum absolute atomic E-state index is 12.1. The molecule has 25 heavy (non-hydrogen) atoms. The molecule has 1 aliphatic rings. The number of likely N-dealkylation sites (tertiary alicyclic amines) is 1. The van der Waals surface area contributed by atoms with Gasteiger partial charge in [0.15, 0.2) is 0 Å². The van der Waals surface area contributed by atoms with Gasteiger partial charge in [-0.2, -0.15) is 0 Å². The average Bonchev–Trinajstić information content (AvgIpc) is 3.12. The highest BCUT2D eigenvalue weighted by Crippen LogP contribution is 2.18. The van der Waals surface area contributed by atoms with E-state index in [0.29, 0.717) is 23.7 Å². The Labute approximate surface area is 146 Å². The Morgan fingerprint density at radius 3 is 2.64 bits per heavy atom. The monoisotopic (exact) mass is 341 g/mol. The highest BCUT2D eigenvalue weighted by Gasteiger charge is 2.20. The molecule has 2 aromatic rings. The largest absolute Gasteiger partial charge is 0.366 e. The molecular formula is C18H23N5O2. The minimum absolute atomic E-state index is 0.202. The normalized spacial score (nSPS) is 15.8. The van der Waals surface area contributed by atoms with E-state index < -0.39 is 5.91 Å². The van der Waals surface area contributed by atoms with Crippen molar-refractivity contribution >= 4 is 11.8 Å². The fourth-order valence-corrected chi connectivity index (χ4v) is 3.10. The number of H-pyrrole nitrogens is 1. The highest BCUT2D eigenvalue weighted by atomic mass is 16.2. The number of nitrogens with one attached hydrogen (secondary N) is 2. The van der Waals surface area contributed by atoms with E-state index in [1.165, 1.54) is 17.8 Å². The van der Waals surface area contributed by atoms with E-state index in [-0.39, 0.29) is 5.91 Å². The molecule has 3 heterocycles. The van der Waals surface area contributed by atoms with Crippen LogP contribution in [-0.2, 0) is 6.54 Å². The van der Waals surface area contributed by atoms with Gasteiger partial charge >= 0.3 is 0 Å². The Kier molecular flexibility index (Phi) is 5.45. The van der Waals surface area contributed by atoms with E-state index in [4.69, 9.17) is 5.73 Å². The Morgan fingerprint density at radius 1 is 1.28 bits per heavy atom. The second-order valence-corrected chi connectivity index (χ2v) is 6.45. The van der Waals surface area contributed by atoms with Crippen LogP contribution in [0.4, 0.5) is 0 Å². The lowest BCUT2D eigenvalue weighted by molar-refractivity contribution is 0.0930. The summed E-state index contributed by atoms with van der Waals surface area (Å²) in [5.41, 5.74) is 7.14. The van der Waals surface area contributed by atoms with Crippen molar-refractivity contribution in [3.8, 4) is 0 Å². The number of rotatable bonds is 6. The molecule has 2 amide bonds. The predicted octanol–water partition coefficient (Wildman–Crippen LogP) is 1.15. The van der Waals surface area contributed by atoms with E-state index in [2.05, 4.69) is 20.2 Å². The zero-order valence-electron chi connectivity index (χ0n) is 14.1. The number of primary amides is 1. The van der Waals surface area contributed by atoms with Gasteiger partial charge in [-0.1, -0.05) is 0 Å². The van der Waals surface area contributed by atoms with Crippen LogP contribution in [-0.4, -0.2) is 46.3 Å². The van der Waals surface area contributed by atoms with Crippen LogP contribution in [0, 0.1) is 5.92 Å². The van der Waals surface area contributed by atoms with Crippen molar-refractivity contribution < 1.29 is 9.59 Å². The van der Waals surface area contributed by atoms with Crippen molar-refractivity contribution in [3.05, 3.63) is 53.6 Å². The van der Waals surface area contributed by atoms with Crippen LogP contribution in [0.5, 0.6) is 0 Å². The van der Waals surface area contributed by atoms with Crippen molar-refractivity contribution in [2.75, 3.05) is 19.6 Å². The van der Waals surface area contributed by atoms with Gasteiger partial charge in [-0.15, -0.1) is 0 Å². The molecule has 0 radical (unpaired) electrons. The molecule has 0 spiro atoms. The molecule has 2 aromatic heterocycles. The van der Waals surface area contributed by atoms with Crippen LogP contribution < -0.4 is 11.1 Å². The number of hydrogen-bond donors (Lipinski definition) is 3. The standard InChI is InChI=1S/C18H23N5O2/c19-17(24)15-9-16(21-11-15)18(25)22-10-13-3-7-23(8-4-13)12-14-1-5-20-6-2-14/h1-2,5-6,9,11,13,21H,3-4,7-8,10,12H2,(H2,19,24)(H,22,25). The minimum Gasteiger partial charge on any atom is -0.366 e. The number of carbonyl (C=O) groups excluding carboxylic acids is 2. The lowest BCUT2D eigenvalue weighted by Gasteiger charge is -2.32. The number of aromatic amines is 1. The average molecular weight is 341 g/mol. The first kappa shape index (κ1) is 17.2. The summed E-state index contributed by atoms with van der Waals surface area (Å²) in [5, 5.41) is 2.94. The van der Waals surface area contributed by atoms with Gasteiger partial charge in [0.25, 0.3) is 5.91 Å². The molecule has 7 nitrogen and oxygen atoms in total. The van der Waals surface area contributed by atoms with Crippen molar-refractivity contribution in [2.24, 2.45) is 11.7 Å². The maximum Gasteiger partial charge on any atom is 0.267 e. The zero-order chi connectivity index (χ0) is 17.6. The molecule has 1 saturated heterocycles. The summed E-state index contributed by atoms with van der Waals surface area (Å²) < 4.78 is 0. The molecule has 0 saturated carbocycles. The summed E-state index contributed by atoms with van der Waals surface area (Å²) >= 11 is 0. The summed E-state index contributed by atoms with van der Waals surface area (Å²) in [5.74, 6) is -0.271. The van der Waals surface area contributed by atoms with E-state index in [0.717, 1.165) is 32.5 Å². The van der Waals surface area contributed by atoms with Crippen molar-refractivity contribution in [3.63, 3.8) is 0 Å².